The van der Waals surface area contributed by atoms with Gasteiger partial charge in [-0.05, 0) is 157 Å². The van der Waals surface area contributed by atoms with Crippen LogP contribution in [0.4, 0.5) is 58.7 Å². The van der Waals surface area contributed by atoms with Crippen molar-refractivity contribution in [3.05, 3.63) is 142 Å². The van der Waals surface area contributed by atoms with Crippen molar-refractivity contribution >= 4 is 58.4 Å². The molecule has 25 heteroatoms. The van der Waals surface area contributed by atoms with E-state index in [2.05, 4.69) is 53.1 Å². The number of halogens is 7. The average Bonchev–Trinajstić information content (AvgIpc) is 1.28. The number of hydrogen-bond acceptors (Lipinski definition) is 14. The molecule has 2 aromatic carbocycles. The average molecular weight is 1310 g/mol. The Morgan fingerprint density at radius 2 is 1.01 bits per heavy atom. The van der Waals surface area contributed by atoms with Crippen LogP contribution in [-0.4, -0.2) is 144 Å². The Hall–Kier alpha value is -8.97. The molecule has 4 saturated heterocycles. The SMILES string of the molecule is C#CC1CCN(C(=O)OC(C)(C)C)C1.Cc1ccc(NC(=O)c2ccnc(C(F)(F)F)c2)cc1-c1cnc(C#CC2CCN(C(=O)OC(C)(C)C)C2)c(N2CCOCC2)c1.Cc1ccc(NC(=O)c2ccnc(C(F)(F)F)c2)cc1-c1cnc(Cl)c(N2CCOCC2)c1. The van der Waals surface area contributed by atoms with Crippen molar-refractivity contribution < 1.29 is 64.5 Å². The number of ether oxygens (including phenoxy) is 4. The molecule has 2 N–H and O–H groups in total. The summed E-state index contributed by atoms with van der Waals surface area (Å²) in [6.07, 6.45) is 2.34. The van der Waals surface area contributed by atoms with E-state index in [0.29, 0.717) is 101 Å². The zero-order valence-corrected chi connectivity index (χ0v) is 53.6. The van der Waals surface area contributed by atoms with E-state index in [4.69, 9.17) is 42.0 Å². The molecular formula is C68H73ClF6N10O8. The second-order valence-electron chi connectivity index (χ2n) is 24.4. The maximum atomic E-state index is 13.1. The molecule has 93 heavy (non-hydrogen) atoms. The Morgan fingerprint density at radius 1 is 0.581 bits per heavy atom. The molecular weight excluding hydrogens is 1230 g/mol. The highest BCUT2D eigenvalue weighted by molar-refractivity contribution is 6.32. The summed E-state index contributed by atoms with van der Waals surface area (Å²) in [6.45, 7) is 22.4. The molecule has 10 rings (SSSR count). The fourth-order valence-electron chi connectivity index (χ4n) is 10.2. The van der Waals surface area contributed by atoms with Crippen LogP contribution >= 0.6 is 11.6 Å². The van der Waals surface area contributed by atoms with Gasteiger partial charge in [0.2, 0.25) is 0 Å². The number of aromatic nitrogens is 4. The monoisotopic (exact) mass is 1310 g/mol. The summed E-state index contributed by atoms with van der Waals surface area (Å²) in [7, 11) is 0. The van der Waals surface area contributed by atoms with Crippen molar-refractivity contribution in [3.63, 3.8) is 0 Å². The normalized spacial score (nSPS) is 16.7. The molecule has 18 nitrogen and oxygen atoms in total. The Bertz CT molecular complexity index is 3790. The Morgan fingerprint density at radius 3 is 1.45 bits per heavy atom. The first-order valence-corrected chi connectivity index (χ1v) is 30.4. The minimum absolute atomic E-state index is 0.0123. The van der Waals surface area contributed by atoms with Crippen molar-refractivity contribution in [3.8, 4) is 46.4 Å². The number of terminal acetylenes is 1. The van der Waals surface area contributed by atoms with Crippen molar-refractivity contribution in [2.75, 3.05) is 99.2 Å². The summed E-state index contributed by atoms with van der Waals surface area (Å²) in [4.78, 5) is 72.8. The van der Waals surface area contributed by atoms with Crippen LogP contribution < -0.4 is 20.4 Å². The van der Waals surface area contributed by atoms with Gasteiger partial charge in [0.1, 0.15) is 28.3 Å². The second-order valence-corrected chi connectivity index (χ2v) is 24.8. The molecule has 0 saturated carbocycles. The number of carbonyl (C=O) groups is 4. The van der Waals surface area contributed by atoms with Gasteiger partial charge < -0.3 is 49.2 Å². The number of rotatable bonds is 8. The standard InChI is InChI=1S/C34H36F3N5O4.C23H20ClF3N4O2.C11H17NO2/c1-22-5-7-26(40-31(43)24-9-11-38-30(18-24)34(35,36)37)19-27(22)25-17-29(41-13-15-45-16-14-41)28(39-20-25)8-6-23-10-12-42(21-23)32(44)46-33(2,3)4;1-14-2-3-17(30-22(32)15-4-5-28-20(11-15)23(25,26)27)12-18(14)16-10-19(21(24)29-13-16)31-6-8-33-9-7-31;1-5-9-6-7-12(8-9)10(13)14-11(2,3)4/h5,7,9,11,17-20,23H,10,12-16,21H2,1-4H3,(H,40,43);2-5,10-13H,6-9H2,1H3,(H,30,32);1,9H,6-8H2,2-4H3. The van der Waals surface area contributed by atoms with Gasteiger partial charge in [0.15, 0.2) is 5.15 Å². The fourth-order valence-corrected chi connectivity index (χ4v) is 10.4. The van der Waals surface area contributed by atoms with E-state index >= 15 is 0 Å². The van der Waals surface area contributed by atoms with Crippen LogP contribution in [0.25, 0.3) is 22.3 Å². The molecule has 2 atom stereocenters. The number of nitrogens with zero attached hydrogens (tertiary/aromatic N) is 8. The molecule has 4 aliphatic rings. The first kappa shape index (κ1) is 69.9. The van der Waals surface area contributed by atoms with E-state index in [1.54, 1.807) is 46.5 Å². The third-order valence-electron chi connectivity index (χ3n) is 14.9. The van der Waals surface area contributed by atoms with Crippen LogP contribution in [0.1, 0.15) is 103 Å². The number of anilines is 4. The quantitative estimate of drug-likeness (QED) is 0.0830. The highest BCUT2D eigenvalue weighted by Gasteiger charge is 2.35. The van der Waals surface area contributed by atoms with Crippen LogP contribution in [0.3, 0.4) is 0 Å². The minimum atomic E-state index is -4.66. The van der Waals surface area contributed by atoms with E-state index in [1.165, 1.54) is 12.1 Å². The van der Waals surface area contributed by atoms with Gasteiger partial charge in [-0.2, -0.15) is 26.3 Å². The van der Waals surface area contributed by atoms with Gasteiger partial charge in [-0.15, -0.1) is 12.3 Å². The van der Waals surface area contributed by atoms with Gasteiger partial charge in [-0.1, -0.05) is 29.7 Å². The Kier molecular flexibility index (Phi) is 22.7. The van der Waals surface area contributed by atoms with Gasteiger partial charge >= 0.3 is 24.5 Å². The summed E-state index contributed by atoms with van der Waals surface area (Å²) >= 11 is 6.33. The lowest BCUT2D eigenvalue weighted by Gasteiger charge is -2.29. The van der Waals surface area contributed by atoms with E-state index in [-0.39, 0.29) is 35.1 Å². The molecule has 492 valence electrons. The van der Waals surface area contributed by atoms with Crippen LogP contribution in [0.2, 0.25) is 5.15 Å². The van der Waals surface area contributed by atoms with Gasteiger partial charge in [0.25, 0.3) is 11.8 Å². The van der Waals surface area contributed by atoms with Gasteiger partial charge in [-0.25, -0.2) is 19.6 Å². The zero-order chi connectivity index (χ0) is 67.4. The van der Waals surface area contributed by atoms with Crippen LogP contribution in [0.5, 0.6) is 0 Å². The molecule has 2 unspecified atom stereocenters. The molecule has 0 spiro atoms. The number of morpholine rings is 2. The smallest absolute Gasteiger partial charge is 0.433 e. The van der Waals surface area contributed by atoms with Crippen molar-refractivity contribution in [2.45, 2.75) is 91.8 Å². The Balaban J connectivity index is 0.000000205. The maximum absolute atomic E-state index is 13.1. The topological polar surface area (TPSA) is 194 Å². The van der Waals surface area contributed by atoms with Crippen molar-refractivity contribution in [2.24, 2.45) is 11.8 Å². The third kappa shape index (κ3) is 19.8. The fraction of sp³-hybridized carbons (Fsp3) is 0.412. The number of benzene rings is 2. The van der Waals surface area contributed by atoms with Gasteiger partial charge in [0, 0.05) is 123 Å². The summed E-state index contributed by atoms with van der Waals surface area (Å²) in [5, 5.41) is 5.74. The minimum Gasteiger partial charge on any atom is -0.444 e. The lowest BCUT2D eigenvalue weighted by molar-refractivity contribution is -0.142. The number of nitrogens with one attached hydrogen (secondary N) is 2. The van der Waals surface area contributed by atoms with E-state index in [1.807, 2.05) is 79.7 Å². The predicted octanol–water partition coefficient (Wildman–Crippen LogP) is 13.3. The molecule has 4 aliphatic heterocycles. The summed E-state index contributed by atoms with van der Waals surface area (Å²) in [6, 6.07) is 18.4. The first-order valence-electron chi connectivity index (χ1n) is 30.1. The molecule has 4 aromatic heterocycles. The number of amides is 4. The summed E-state index contributed by atoms with van der Waals surface area (Å²) < 4.78 is 99.8. The molecule has 0 radical (unpaired) electrons. The molecule has 0 bridgehead atoms. The van der Waals surface area contributed by atoms with Crippen molar-refractivity contribution in [1.29, 1.82) is 0 Å². The second kappa shape index (κ2) is 30.2. The van der Waals surface area contributed by atoms with Crippen LogP contribution in [0, 0.1) is 49.9 Å². The van der Waals surface area contributed by atoms with E-state index < -0.39 is 46.8 Å². The largest absolute Gasteiger partial charge is 0.444 e. The summed E-state index contributed by atoms with van der Waals surface area (Å²) in [5.74, 6) is 8.07. The van der Waals surface area contributed by atoms with Gasteiger partial charge in [-0.3, -0.25) is 19.6 Å². The van der Waals surface area contributed by atoms with Crippen LogP contribution in [0.15, 0.2) is 97.6 Å². The van der Waals surface area contributed by atoms with Crippen LogP contribution in [-0.2, 0) is 31.3 Å². The summed E-state index contributed by atoms with van der Waals surface area (Å²) in [5.41, 5.74) is 4.64. The molecule has 6 aromatic rings. The van der Waals surface area contributed by atoms with Gasteiger partial charge in [0.05, 0.1) is 37.8 Å². The maximum Gasteiger partial charge on any atom is 0.433 e. The number of pyridine rings is 4. The lowest BCUT2D eigenvalue weighted by Crippen LogP contribution is -2.36. The molecule has 8 heterocycles. The van der Waals surface area contributed by atoms with E-state index in [9.17, 15) is 45.5 Å². The first-order chi connectivity index (χ1) is 43.9. The number of alkyl halides is 6. The molecule has 4 fully saturated rings. The van der Waals surface area contributed by atoms with Crippen molar-refractivity contribution in [1.82, 2.24) is 29.7 Å². The number of aryl methyl sites for hydroxylation is 2. The van der Waals surface area contributed by atoms with E-state index in [0.717, 1.165) is 82.1 Å². The predicted molar refractivity (Wildman–Crippen MR) is 342 cm³/mol. The molecule has 0 aliphatic carbocycles. The molecule has 4 amide bonds. The third-order valence-corrected chi connectivity index (χ3v) is 15.2. The lowest BCUT2D eigenvalue weighted by atomic mass is 10.00. The zero-order valence-electron chi connectivity index (χ0n) is 52.9. The number of likely N-dealkylation sites (tertiary alicyclic amines) is 2. The highest BCUT2D eigenvalue weighted by Crippen LogP contribution is 2.36. The highest BCUT2D eigenvalue weighted by atomic mass is 35.5. The number of carbonyl (C=O) groups excluding carboxylic acids is 4. The number of hydrogen-bond donors (Lipinski definition) is 2. The Labute approximate surface area is 541 Å².